The number of hydrogen-bond donors (Lipinski definition) is 1. The Morgan fingerprint density at radius 2 is 1.83 bits per heavy atom. The Morgan fingerprint density at radius 3 is 2.50 bits per heavy atom. The fraction of sp³-hybridized carbons (Fsp3) is 0.200. The Kier molecular flexibility index (Phi) is 4.67. The summed E-state index contributed by atoms with van der Waals surface area (Å²) < 4.78 is 5.75. The van der Waals surface area contributed by atoms with Crippen molar-refractivity contribution < 1.29 is 4.74 Å². The van der Waals surface area contributed by atoms with Gasteiger partial charge in [0, 0.05) is 11.4 Å². The van der Waals surface area contributed by atoms with E-state index in [1.54, 1.807) is 11.8 Å². The van der Waals surface area contributed by atoms with E-state index in [1.807, 2.05) is 24.3 Å². The minimum absolute atomic E-state index is 0.541. The maximum absolute atomic E-state index is 5.75. The molecule has 0 fully saturated rings. The third-order valence-corrected chi connectivity index (χ3v) is 3.44. The van der Waals surface area contributed by atoms with E-state index in [-0.39, 0.29) is 0 Å². The van der Waals surface area contributed by atoms with E-state index < -0.39 is 0 Å². The molecule has 2 aromatic rings. The second kappa shape index (κ2) is 6.47. The van der Waals surface area contributed by atoms with Gasteiger partial charge in [-0.15, -0.1) is 11.8 Å². The number of hydrogen-bond acceptors (Lipinski definition) is 3. The molecule has 0 heterocycles. The fourth-order valence-electron chi connectivity index (χ4n) is 1.65. The second-order valence-corrected chi connectivity index (χ2v) is 4.87. The van der Waals surface area contributed by atoms with Crippen molar-refractivity contribution in [3.63, 3.8) is 0 Å². The third-order valence-electron chi connectivity index (χ3n) is 2.70. The molecular weight excluding hydrogens is 242 g/mol. The number of rotatable bonds is 5. The molecule has 0 atom stereocenters. The maximum Gasteiger partial charge on any atom is 0.120 e. The van der Waals surface area contributed by atoms with Gasteiger partial charge in [0.05, 0.1) is 0 Å². The van der Waals surface area contributed by atoms with Gasteiger partial charge >= 0.3 is 0 Å². The largest absolute Gasteiger partial charge is 0.489 e. The molecule has 2 rings (SSSR count). The summed E-state index contributed by atoms with van der Waals surface area (Å²) in [5.41, 5.74) is 7.86. The van der Waals surface area contributed by atoms with Crippen molar-refractivity contribution in [2.45, 2.75) is 18.0 Å². The molecule has 0 aromatic heterocycles. The average molecular weight is 259 g/mol. The van der Waals surface area contributed by atoms with Crippen LogP contribution in [0.15, 0.2) is 53.4 Å². The monoisotopic (exact) mass is 259 g/mol. The SMILES string of the molecule is CSc1ccc(COc2cccc(CN)c2)cc1. The van der Waals surface area contributed by atoms with Crippen molar-refractivity contribution in [1.82, 2.24) is 0 Å². The van der Waals surface area contributed by atoms with Crippen LogP contribution in [0.3, 0.4) is 0 Å². The van der Waals surface area contributed by atoms with Gasteiger partial charge in [0.25, 0.3) is 0 Å². The highest BCUT2D eigenvalue weighted by Crippen LogP contribution is 2.17. The van der Waals surface area contributed by atoms with Gasteiger partial charge in [-0.3, -0.25) is 0 Å². The van der Waals surface area contributed by atoms with Crippen LogP contribution in [0.4, 0.5) is 0 Å². The first-order chi connectivity index (χ1) is 8.81. The van der Waals surface area contributed by atoms with Crippen molar-refractivity contribution >= 4 is 11.8 Å². The minimum Gasteiger partial charge on any atom is -0.489 e. The molecule has 94 valence electrons. The molecule has 3 heteroatoms. The van der Waals surface area contributed by atoms with Crippen molar-refractivity contribution in [2.24, 2.45) is 5.73 Å². The lowest BCUT2D eigenvalue weighted by Crippen LogP contribution is -1.98. The van der Waals surface area contributed by atoms with Gasteiger partial charge in [-0.05, 0) is 41.6 Å². The first kappa shape index (κ1) is 13.0. The lowest BCUT2D eigenvalue weighted by molar-refractivity contribution is 0.306. The highest BCUT2D eigenvalue weighted by atomic mass is 32.2. The molecule has 0 aliphatic rings. The Labute approximate surface area is 112 Å². The van der Waals surface area contributed by atoms with E-state index in [2.05, 4.69) is 30.5 Å². The fourth-order valence-corrected chi connectivity index (χ4v) is 2.06. The van der Waals surface area contributed by atoms with Gasteiger partial charge in [-0.1, -0.05) is 24.3 Å². The van der Waals surface area contributed by atoms with Gasteiger partial charge in [0.2, 0.25) is 0 Å². The Hall–Kier alpha value is -1.45. The summed E-state index contributed by atoms with van der Waals surface area (Å²) >= 11 is 1.74. The number of benzene rings is 2. The Bertz CT molecular complexity index is 496. The number of ether oxygens (including phenoxy) is 1. The molecule has 0 amide bonds. The molecule has 0 unspecified atom stereocenters. The van der Waals surface area contributed by atoms with Crippen LogP contribution in [0.1, 0.15) is 11.1 Å². The van der Waals surface area contributed by atoms with Crippen LogP contribution in [0.2, 0.25) is 0 Å². The summed E-state index contributed by atoms with van der Waals surface area (Å²) in [7, 11) is 0. The first-order valence-corrected chi connectivity index (χ1v) is 7.09. The van der Waals surface area contributed by atoms with Gasteiger partial charge in [0.1, 0.15) is 12.4 Å². The molecule has 0 spiro atoms. The molecule has 0 bridgehead atoms. The highest BCUT2D eigenvalue weighted by molar-refractivity contribution is 7.98. The first-order valence-electron chi connectivity index (χ1n) is 5.86. The summed E-state index contributed by atoms with van der Waals surface area (Å²) in [6, 6.07) is 16.3. The Morgan fingerprint density at radius 1 is 1.06 bits per heavy atom. The summed E-state index contributed by atoms with van der Waals surface area (Å²) in [6.45, 7) is 1.13. The standard InChI is InChI=1S/C15H17NOS/c1-18-15-7-5-12(6-8-15)11-17-14-4-2-3-13(9-14)10-16/h2-9H,10-11,16H2,1H3. The summed E-state index contributed by atoms with van der Waals surface area (Å²) in [5.74, 6) is 0.867. The van der Waals surface area contributed by atoms with Crippen LogP contribution in [0.25, 0.3) is 0 Å². The van der Waals surface area contributed by atoms with E-state index in [1.165, 1.54) is 10.5 Å². The molecule has 0 saturated carbocycles. The molecule has 2 nitrogen and oxygen atoms in total. The van der Waals surface area contributed by atoms with Crippen molar-refractivity contribution in [3.05, 3.63) is 59.7 Å². The van der Waals surface area contributed by atoms with E-state index >= 15 is 0 Å². The second-order valence-electron chi connectivity index (χ2n) is 3.99. The molecule has 0 saturated heterocycles. The summed E-state index contributed by atoms with van der Waals surface area (Å²) in [5, 5.41) is 0. The lowest BCUT2D eigenvalue weighted by atomic mass is 10.2. The van der Waals surface area contributed by atoms with Crippen LogP contribution in [0, 0.1) is 0 Å². The molecule has 0 radical (unpaired) electrons. The maximum atomic E-state index is 5.75. The normalized spacial score (nSPS) is 10.3. The van der Waals surface area contributed by atoms with Gasteiger partial charge in [-0.25, -0.2) is 0 Å². The van der Waals surface area contributed by atoms with Crippen LogP contribution >= 0.6 is 11.8 Å². The molecule has 2 aromatic carbocycles. The van der Waals surface area contributed by atoms with Crippen LogP contribution < -0.4 is 10.5 Å². The molecule has 0 aliphatic heterocycles. The summed E-state index contributed by atoms with van der Waals surface area (Å²) in [4.78, 5) is 1.27. The van der Waals surface area contributed by atoms with E-state index in [4.69, 9.17) is 10.5 Å². The molecule has 2 N–H and O–H groups in total. The van der Waals surface area contributed by atoms with Crippen molar-refractivity contribution in [2.75, 3.05) is 6.26 Å². The molecular formula is C15H17NOS. The van der Waals surface area contributed by atoms with Crippen molar-refractivity contribution in [3.8, 4) is 5.75 Å². The zero-order valence-electron chi connectivity index (χ0n) is 10.4. The third kappa shape index (κ3) is 3.52. The van der Waals surface area contributed by atoms with Gasteiger partial charge in [-0.2, -0.15) is 0 Å². The highest BCUT2D eigenvalue weighted by Gasteiger charge is 1.98. The van der Waals surface area contributed by atoms with E-state index in [0.717, 1.165) is 11.3 Å². The predicted octanol–water partition coefficient (Wildman–Crippen LogP) is 3.45. The van der Waals surface area contributed by atoms with E-state index in [0.29, 0.717) is 13.2 Å². The molecule has 18 heavy (non-hydrogen) atoms. The average Bonchev–Trinajstić information content (AvgIpc) is 2.46. The van der Waals surface area contributed by atoms with E-state index in [9.17, 15) is 0 Å². The zero-order valence-corrected chi connectivity index (χ0v) is 11.2. The summed E-state index contributed by atoms with van der Waals surface area (Å²) in [6.07, 6.45) is 2.07. The smallest absolute Gasteiger partial charge is 0.120 e. The topological polar surface area (TPSA) is 35.2 Å². The number of thioether (sulfide) groups is 1. The number of nitrogens with two attached hydrogens (primary N) is 1. The van der Waals surface area contributed by atoms with Gasteiger partial charge < -0.3 is 10.5 Å². The lowest BCUT2D eigenvalue weighted by Gasteiger charge is -2.08. The predicted molar refractivity (Wildman–Crippen MR) is 76.9 cm³/mol. The zero-order chi connectivity index (χ0) is 12.8. The Balaban J connectivity index is 1.97. The van der Waals surface area contributed by atoms with Crippen LogP contribution in [0.5, 0.6) is 5.75 Å². The van der Waals surface area contributed by atoms with Crippen molar-refractivity contribution in [1.29, 1.82) is 0 Å². The van der Waals surface area contributed by atoms with Crippen LogP contribution in [-0.4, -0.2) is 6.26 Å². The van der Waals surface area contributed by atoms with Crippen LogP contribution in [-0.2, 0) is 13.2 Å². The molecule has 0 aliphatic carbocycles. The van der Waals surface area contributed by atoms with Gasteiger partial charge in [0.15, 0.2) is 0 Å². The quantitative estimate of drug-likeness (QED) is 0.835. The minimum atomic E-state index is 0.541.